The standard InChI is InChI=1S/C25H26N2O6S/c1-14-9-15(2)23(16(3)10-14)27-22(28)13-33-25(30)17-11-19(31-4)20(32-5)12-18(17)26-24(29)21-7-6-8-34-21/h6-12H,13H2,1-5H3,(H,26,29)(H,27,28). The average Bonchev–Trinajstić information content (AvgIpc) is 3.34. The molecule has 0 saturated heterocycles. The summed E-state index contributed by atoms with van der Waals surface area (Å²) in [5, 5.41) is 7.26. The molecule has 0 aliphatic heterocycles. The lowest BCUT2D eigenvalue weighted by atomic mass is 10.1. The van der Waals surface area contributed by atoms with Crippen LogP contribution in [-0.2, 0) is 9.53 Å². The van der Waals surface area contributed by atoms with Gasteiger partial charge in [-0.1, -0.05) is 23.8 Å². The molecule has 0 saturated carbocycles. The summed E-state index contributed by atoms with van der Waals surface area (Å²) < 4.78 is 15.8. The molecule has 34 heavy (non-hydrogen) atoms. The van der Waals surface area contributed by atoms with Crippen molar-refractivity contribution >= 4 is 40.5 Å². The molecule has 0 aliphatic rings. The number of thiophene rings is 1. The molecule has 0 radical (unpaired) electrons. The van der Waals surface area contributed by atoms with Gasteiger partial charge in [-0.05, 0) is 43.3 Å². The number of anilines is 2. The summed E-state index contributed by atoms with van der Waals surface area (Å²) in [6.45, 7) is 5.27. The van der Waals surface area contributed by atoms with Gasteiger partial charge in [0, 0.05) is 17.8 Å². The Labute approximate surface area is 201 Å². The quantitative estimate of drug-likeness (QED) is 0.450. The molecular formula is C25H26N2O6S. The van der Waals surface area contributed by atoms with Crippen LogP contribution in [0.4, 0.5) is 11.4 Å². The second kappa shape index (κ2) is 10.8. The van der Waals surface area contributed by atoms with Crippen LogP contribution < -0.4 is 20.1 Å². The lowest BCUT2D eigenvalue weighted by Gasteiger charge is -2.16. The molecule has 0 fully saturated rings. The van der Waals surface area contributed by atoms with Crippen LogP contribution in [0, 0.1) is 20.8 Å². The number of rotatable bonds is 8. The minimum Gasteiger partial charge on any atom is -0.493 e. The summed E-state index contributed by atoms with van der Waals surface area (Å²) in [5.41, 5.74) is 3.79. The minimum absolute atomic E-state index is 0.0260. The van der Waals surface area contributed by atoms with Gasteiger partial charge in [0.2, 0.25) is 0 Å². The number of hydrogen-bond acceptors (Lipinski definition) is 7. The number of methoxy groups -OCH3 is 2. The molecule has 0 bridgehead atoms. The summed E-state index contributed by atoms with van der Waals surface area (Å²) in [7, 11) is 2.87. The molecule has 178 valence electrons. The number of carbonyl (C=O) groups excluding carboxylic acids is 3. The van der Waals surface area contributed by atoms with Gasteiger partial charge in [0.05, 0.1) is 30.3 Å². The molecule has 3 aromatic rings. The van der Waals surface area contributed by atoms with Gasteiger partial charge >= 0.3 is 5.97 Å². The van der Waals surface area contributed by atoms with E-state index in [1.165, 1.54) is 37.7 Å². The number of esters is 1. The number of ether oxygens (including phenoxy) is 3. The van der Waals surface area contributed by atoms with Gasteiger partial charge in [-0.25, -0.2) is 4.79 Å². The largest absolute Gasteiger partial charge is 0.493 e. The first kappa shape index (κ1) is 24.8. The van der Waals surface area contributed by atoms with E-state index in [0.717, 1.165) is 16.7 Å². The Morgan fingerprint density at radius 1 is 0.912 bits per heavy atom. The van der Waals surface area contributed by atoms with Crippen LogP contribution >= 0.6 is 11.3 Å². The van der Waals surface area contributed by atoms with Crippen molar-refractivity contribution in [3.63, 3.8) is 0 Å². The van der Waals surface area contributed by atoms with Crippen LogP contribution in [0.2, 0.25) is 0 Å². The van der Waals surface area contributed by atoms with E-state index in [4.69, 9.17) is 14.2 Å². The van der Waals surface area contributed by atoms with E-state index < -0.39 is 18.5 Å². The van der Waals surface area contributed by atoms with E-state index in [9.17, 15) is 14.4 Å². The Balaban J connectivity index is 1.78. The van der Waals surface area contributed by atoms with E-state index in [-0.39, 0.29) is 22.9 Å². The van der Waals surface area contributed by atoms with Crippen LogP contribution in [0.5, 0.6) is 11.5 Å². The second-order valence-corrected chi connectivity index (χ2v) is 8.53. The van der Waals surface area contributed by atoms with E-state index in [1.54, 1.807) is 17.5 Å². The first-order valence-electron chi connectivity index (χ1n) is 10.4. The number of hydrogen-bond donors (Lipinski definition) is 2. The number of nitrogens with one attached hydrogen (secondary N) is 2. The van der Waals surface area contributed by atoms with Crippen molar-refractivity contribution in [2.75, 3.05) is 31.5 Å². The minimum atomic E-state index is -0.796. The van der Waals surface area contributed by atoms with E-state index in [1.807, 2.05) is 32.9 Å². The summed E-state index contributed by atoms with van der Waals surface area (Å²) in [4.78, 5) is 38.4. The van der Waals surface area contributed by atoms with Gasteiger partial charge in [0.1, 0.15) is 0 Å². The first-order chi connectivity index (χ1) is 16.2. The Morgan fingerprint density at radius 2 is 1.56 bits per heavy atom. The third-order valence-corrected chi connectivity index (χ3v) is 5.88. The molecule has 0 spiro atoms. The van der Waals surface area contributed by atoms with Gasteiger partial charge in [-0.15, -0.1) is 11.3 Å². The fourth-order valence-electron chi connectivity index (χ4n) is 3.50. The molecule has 3 rings (SSSR count). The van der Waals surface area contributed by atoms with Gasteiger partial charge < -0.3 is 24.8 Å². The molecule has 2 amide bonds. The summed E-state index contributed by atoms with van der Waals surface area (Å²) in [5.74, 6) is -1.06. The highest BCUT2D eigenvalue weighted by Gasteiger charge is 2.21. The second-order valence-electron chi connectivity index (χ2n) is 7.58. The van der Waals surface area contributed by atoms with Crippen LogP contribution in [0.15, 0.2) is 41.8 Å². The van der Waals surface area contributed by atoms with Crippen LogP contribution in [0.1, 0.15) is 36.7 Å². The predicted molar refractivity (Wildman–Crippen MR) is 131 cm³/mol. The van der Waals surface area contributed by atoms with Gasteiger partial charge in [0.15, 0.2) is 18.1 Å². The molecule has 1 heterocycles. The highest BCUT2D eigenvalue weighted by atomic mass is 32.1. The van der Waals surface area contributed by atoms with Crippen molar-refractivity contribution in [3.8, 4) is 11.5 Å². The van der Waals surface area contributed by atoms with Crippen molar-refractivity contribution in [3.05, 3.63) is 68.9 Å². The number of amides is 2. The molecule has 2 N–H and O–H groups in total. The molecule has 1 aromatic heterocycles. The van der Waals surface area contributed by atoms with Crippen LogP contribution in [0.25, 0.3) is 0 Å². The van der Waals surface area contributed by atoms with Crippen molar-refractivity contribution in [1.29, 1.82) is 0 Å². The Bertz CT molecular complexity index is 1200. The van der Waals surface area contributed by atoms with Crippen molar-refractivity contribution < 1.29 is 28.6 Å². The molecule has 8 nitrogen and oxygen atoms in total. The summed E-state index contributed by atoms with van der Waals surface area (Å²) >= 11 is 1.26. The van der Waals surface area contributed by atoms with Gasteiger partial charge in [-0.3, -0.25) is 9.59 Å². The van der Waals surface area contributed by atoms with Crippen LogP contribution in [-0.4, -0.2) is 38.6 Å². The van der Waals surface area contributed by atoms with Crippen molar-refractivity contribution in [2.24, 2.45) is 0 Å². The third-order valence-electron chi connectivity index (χ3n) is 5.01. The van der Waals surface area contributed by atoms with E-state index in [0.29, 0.717) is 16.3 Å². The molecule has 0 aliphatic carbocycles. The monoisotopic (exact) mass is 482 g/mol. The molecular weight excluding hydrogens is 456 g/mol. The molecule has 0 atom stereocenters. The van der Waals surface area contributed by atoms with Crippen molar-refractivity contribution in [1.82, 2.24) is 0 Å². The number of aryl methyl sites for hydroxylation is 3. The molecule has 2 aromatic carbocycles. The fraction of sp³-hybridized carbons (Fsp3) is 0.240. The first-order valence-corrected chi connectivity index (χ1v) is 11.3. The van der Waals surface area contributed by atoms with E-state index in [2.05, 4.69) is 10.6 Å². The Hall–Kier alpha value is -3.85. The Kier molecular flexibility index (Phi) is 7.91. The van der Waals surface area contributed by atoms with Gasteiger partial charge in [-0.2, -0.15) is 0 Å². The molecule has 9 heteroatoms. The van der Waals surface area contributed by atoms with E-state index >= 15 is 0 Å². The van der Waals surface area contributed by atoms with Crippen LogP contribution in [0.3, 0.4) is 0 Å². The lowest BCUT2D eigenvalue weighted by Crippen LogP contribution is -2.23. The number of carbonyl (C=O) groups is 3. The highest BCUT2D eigenvalue weighted by molar-refractivity contribution is 7.12. The fourth-order valence-corrected chi connectivity index (χ4v) is 4.12. The van der Waals surface area contributed by atoms with Crippen molar-refractivity contribution in [2.45, 2.75) is 20.8 Å². The summed E-state index contributed by atoms with van der Waals surface area (Å²) in [6, 6.07) is 10.2. The normalized spacial score (nSPS) is 10.4. The maximum atomic E-state index is 12.9. The maximum absolute atomic E-state index is 12.9. The molecule has 0 unspecified atom stereocenters. The smallest absolute Gasteiger partial charge is 0.340 e. The predicted octanol–water partition coefficient (Wildman–Crippen LogP) is 4.74. The zero-order valence-electron chi connectivity index (χ0n) is 19.6. The zero-order chi connectivity index (χ0) is 24.8. The Morgan fingerprint density at radius 3 is 2.15 bits per heavy atom. The number of benzene rings is 2. The van der Waals surface area contributed by atoms with Gasteiger partial charge in [0.25, 0.3) is 11.8 Å². The zero-order valence-corrected chi connectivity index (χ0v) is 20.4. The highest BCUT2D eigenvalue weighted by Crippen LogP contribution is 2.34. The topological polar surface area (TPSA) is 103 Å². The summed E-state index contributed by atoms with van der Waals surface area (Å²) in [6.07, 6.45) is 0. The average molecular weight is 483 g/mol. The maximum Gasteiger partial charge on any atom is 0.340 e. The third kappa shape index (κ3) is 5.74. The lowest BCUT2D eigenvalue weighted by molar-refractivity contribution is -0.119. The SMILES string of the molecule is COc1cc(NC(=O)c2cccs2)c(C(=O)OCC(=O)Nc2c(C)cc(C)cc2C)cc1OC.